The van der Waals surface area contributed by atoms with Crippen molar-refractivity contribution in [3.05, 3.63) is 29.8 Å². The van der Waals surface area contributed by atoms with Crippen LogP contribution in [0.2, 0.25) is 0 Å². The van der Waals surface area contributed by atoms with Crippen molar-refractivity contribution in [2.75, 3.05) is 0 Å². The zero-order chi connectivity index (χ0) is 13.9. The number of fused-ring (bicyclic) bond motifs is 1. The van der Waals surface area contributed by atoms with Crippen molar-refractivity contribution in [3.63, 3.8) is 0 Å². The lowest BCUT2D eigenvalue weighted by atomic mass is 9.96. The number of alkyl halides is 1. The molecule has 1 heterocycles. The number of rotatable bonds is 2. The van der Waals surface area contributed by atoms with Gasteiger partial charge >= 0.3 is 0 Å². The molecule has 0 aliphatic heterocycles. The molecule has 0 radical (unpaired) electrons. The van der Waals surface area contributed by atoms with E-state index in [1.807, 2.05) is 6.07 Å². The van der Waals surface area contributed by atoms with Crippen molar-refractivity contribution in [1.82, 2.24) is 9.55 Å². The predicted octanol–water partition coefficient (Wildman–Crippen LogP) is 5.20. The summed E-state index contributed by atoms with van der Waals surface area (Å²) >= 11 is 6.04. The fourth-order valence-corrected chi connectivity index (χ4v) is 3.51. The van der Waals surface area contributed by atoms with Gasteiger partial charge in [-0.2, -0.15) is 0 Å². The second-order valence-electron chi connectivity index (χ2n) is 5.64. The quantitative estimate of drug-likeness (QED) is 0.696. The van der Waals surface area contributed by atoms with Crippen molar-refractivity contribution in [1.29, 1.82) is 0 Å². The molecular weight excluding hydrogens is 275 g/mol. The van der Waals surface area contributed by atoms with Crippen LogP contribution in [0.1, 0.15) is 56.8 Å². The van der Waals surface area contributed by atoms with E-state index in [1.165, 1.54) is 38.2 Å². The first kappa shape index (κ1) is 13.9. The fraction of sp³-hybridized carbons (Fsp3) is 0.562. The van der Waals surface area contributed by atoms with Crippen molar-refractivity contribution < 1.29 is 4.39 Å². The molecule has 0 saturated heterocycles. The van der Waals surface area contributed by atoms with E-state index < -0.39 is 0 Å². The lowest BCUT2D eigenvalue weighted by Gasteiger charge is -2.23. The molecule has 3 rings (SSSR count). The molecular formula is C16H20ClFN2. The van der Waals surface area contributed by atoms with E-state index in [0.29, 0.717) is 17.4 Å². The average molecular weight is 295 g/mol. The number of benzene rings is 1. The van der Waals surface area contributed by atoms with E-state index in [2.05, 4.69) is 9.55 Å². The second kappa shape index (κ2) is 6.13. The molecule has 0 N–H and O–H groups in total. The summed E-state index contributed by atoms with van der Waals surface area (Å²) in [6, 6.07) is 5.60. The summed E-state index contributed by atoms with van der Waals surface area (Å²) in [5.74, 6) is 0.890. The molecule has 1 saturated carbocycles. The van der Waals surface area contributed by atoms with E-state index in [1.54, 1.807) is 6.07 Å². The van der Waals surface area contributed by atoms with Crippen LogP contribution in [-0.4, -0.2) is 9.55 Å². The molecule has 4 heteroatoms. The highest BCUT2D eigenvalue weighted by Gasteiger charge is 2.20. The molecule has 1 aromatic carbocycles. The number of nitrogens with zero attached hydrogens (tertiary/aromatic N) is 2. The Hall–Kier alpha value is -1.09. The molecule has 0 atom stereocenters. The summed E-state index contributed by atoms with van der Waals surface area (Å²) < 4.78 is 16.1. The van der Waals surface area contributed by atoms with Crippen LogP contribution in [0.25, 0.3) is 11.0 Å². The van der Waals surface area contributed by atoms with Gasteiger partial charge in [0.15, 0.2) is 5.82 Å². The van der Waals surface area contributed by atoms with E-state index in [9.17, 15) is 4.39 Å². The maximum Gasteiger partial charge on any atom is 0.151 e. The zero-order valence-corrected chi connectivity index (χ0v) is 12.4. The topological polar surface area (TPSA) is 17.8 Å². The van der Waals surface area contributed by atoms with Gasteiger partial charge in [-0.3, -0.25) is 0 Å². The minimum atomic E-state index is -0.251. The smallest absolute Gasteiger partial charge is 0.151 e. The summed E-state index contributed by atoms with van der Waals surface area (Å²) in [6.07, 6.45) is 8.70. The minimum absolute atomic E-state index is 0.251. The van der Waals surface area contributed by atoms with E-state index in [0.717, 1.165) is 24.2 Å². The highest BCUT2D eigenvalue weighted by atomic mass is 35.5. The third-order valence-electron chi connectivity index (χ3n) is 4.30. The highest BCUT2D eigenvalue weighted by molar-refractivity contribution is 6.16. The maximum absolute atomic E-state index is 13.9. The van der Waals surface area contributed by atoms with Gasteiger partial charge in [0.2, 0.25) is 0 Å². The predicted molar refractivity (Wildman–Crippen MR) is 80.6 cm³/mol. The van der Waals surface area contributed by atoms with Crippen LogP contribution in [0, 0.1) is 5.82 Å². The Labute approximate surface area is 123 Å². The second-order valence-corrected chi connectivity index (χ2v) is 5.91. The van der Waals surface area contributed by atoms with E-state index >= 15 is 0 Å². The number of hydrogen-bond donors (Lipinski definition) is 0. The Morgan fingerprint density at radius 2 is 1.85 bits per heavy atom. The van der Waals surface area contributed by atoms with Gasteiger partial charge in [0.05, 0.1) is 11.4 Å². The largest absolute Gasteiger partial charge is 0.324 e. The first-order valence-electron chi connectivity index (χ1n) is 7.52. The molecule has 0 spiro atoms. The van der Waals surface area contributed by atoms with Crippen molar-refractivity contribution in [3.8, 4) is 0 Å². The van der Waals surface area contributed by atoms with Crippen LogP contribution < -0.4 is 0 Å². The van der Waals surface area contributed by atoms with Gasteiger partial charge in [-0.1, -0.05) is 38.2 Å². The number of imidazole rings is 1. The summed E-state index contributed by atoms with van der Waals surface area (Å²) in [5, 5.41) is 0. The molecule has 0 unspecified atom stereocenters. The van der Waals surface area contributed by atoms with E-state index in [-0.39, 0.29) is 5.82 Å². The first-order valence-corrected chi connectivity index (χ1v) is 8.06. The maximum atomic E-state index is 13.9. The van der Waals surface area contributed by atoms with Gasteiger partial charge in [0, 0.05) is 6.04 Å². The standard InChI is InChI=1S/C16H20ClFN2/c17-11-15-19-16-13(18)9-6-10-14(16)20(15)12-7-4-2-1-3-5-8-12/h6,9-10,12H,1-5,7-8,11H2. The number of para-hydroxylation sites is 1. The molecule has 20 heavy (non-hydrogen) atoms. The summed E-state index contributed by atoms with van der Waals surface area (Å²) in [5.41, 5.74) is 1.36. The molecule has 1 aliphatic carbocycles. The molecule has 108 valence electrons. The van der Waals surface area contributed by atoms with Crippen LogP contribution in [0.4, 0.5) is 4.39 Å². The Bertz CT molecular complexity index is 585. The van der Waals surface area contributed by atoms with Crippen LogP contribution >= 0.6 is 11.6 Å². The van der Waals surface area contributed by atoms with Crippen molar-refractivity contribution in [2.24, 2.45) is 0 Å². The third-order valence-corrected chi connectivity index (χ3v) is 4.54. The first-order chi connectivity index (χ1) is 9.81. The zero-order valence-electron chi connectivity index (χ0n) is 11.6. The Kier molecular flexibility index (Phi) is 4.25. The highest BCUT2D eigenvalue weighted by Crippen LogP contribution is 2.32. The Balaban J connectivity index is 2.05. The Morgan fingerprint density at radius 3 is 2.55 bits per heavy atom. The minimum Gasteiger partial charge on any atom is -0.324 e. The summed E-state index contributed by atoms with van der Waals surface area (Å²) in [7, 11) is 0. The van der Waals surface area contributed by atoms with Gasteiger partial charge in [-0.05, 0) is 25.0 Å². The SMILES string of the molecule is Fc1cccc2c1nc(CCl)n2C1CCCCCCC1. The molecule has 0 amide bonds. The van der Waals surface area contributed by atoms with E-state index in [4.69, 9.17) is 11.6 Å². The van der Waals surface area contributed by atoms with Gasteiger partial charge in [0.25, 0.3) is 0 Å². The molecule has 0 bridgehead atoms. The molecule has 1 fully saturated rings. The molecule has 1 aliphatic rings. The number of halogens is 2. The monoisotopic (exact) mass is 294 g/mol. The third kappa shape index (κ3) is 2.56. The lowest BCUT2D eigenvalue weighted by molar-refractivity contribution is 0.373. The van der Waals surface area contributed by atoms with Gasteiger partial charge in [0.1, 0.15) is 11.3 Å². The number of aromatic nitrogens is 2. The fourth-order valence-electron chi connectivity index (χ4n) is 3.33. The Morgan fingerprint density at radius 1 is 1.15 bits per heavy atom. The van der Waals surface area contributed by atoms with Gasteiger partial charge < -0.3 is 4.57 Å². The molecule has 1 aromatic heterocycles. The van der Waals surface area contributed by atoms with Crippen molar-refractivity contribution in [2.45, 2.75) is 56.9 Å². The van der Waals surface area contributed by atoms with Crippen LogP contribution in [0.3, 0.4) is 0 Å². The van der Waals surface area contributed by atoms with Gasteiger partial charge in [-0.25, -0.2) is 9.37 Å². The van der Waals surface area contributed by atoms with Gasteiger partial charge in [-0.15, -0.1) is 11.6 Å². The summed E-state index contributed by atoms with van der Waals surface area (Å²) in [4.78, 5) is 4.42. The average Bonchev–Trinajstić information content (AvgIpc) is 2.79. The van der Waals surface area contributed by atoms with Crippen LogP contribution in [0.15, 0.2) is 18.2 Å². The molecule has 2 aromatic rings. The lowest BCUT2D eigenvalue weighted by Crippen LogP contribution is -2.13. The molecule has 2 nitrogen and oxygen atoms in total. The summed E-state index contributed by atoms with van der Waals surface area (Å²) in [6.45, 7) is 0. The van der Waals surface area contributed by atoms with Crippen LogP contribution in [-0.2, 0) is 5.88 Å². The van der Waals surface area contributed by atoms with Crippen LogP contribution in [0.5, 0.6) is 0 Å². The number of hydrogen-bond acceptors (Lipinski definition) is 1. The normalized spacial score (nSPS) is 18.1. The van der Waals surface area contributed by atoms with Crippen molar-refractivity contribution >= 4 is 22.6 Å².